The van der Waals surface area contributed by atoms with Crippen molar-refractivity contribution in [2.24, 2.45) is 11.3 Å². The monoisotopic (exact) mass is 388 g/mol. The summed E-state index contributed by atoms with van der Waals surface area (Å²) >= 11 is 0. The SMILES string of the molecule is COC(=O)[C@]1(C)CCC[C@]2(C)c3cc(NC(C)C)c([N+](=O)[O-])cc3C(=O)C[C@@H]12. The number of anilines is 1. The molecule has 0 amide bonds. The Balaban J connectivity index is 2.21. The van der Waals surface area contributed by atoms with E-state index in [2.05, 4.69) is 12.2 Å². The number of methoxy groups -OCH3 is 1. The van der Waals surface area contributed by atoms with Crippen molar-refractivity contribution in [2.45, 2.75) is 64.8 Å². The molecule has 2 aliphatic carbocycles. The van der Waals surface area contributed by atoms with E-state index in [0.29, 0.717) is 17.7 Å². The van der Waals surface area contributed by atoms with Crippen LogP contribution in [0.1, 0.15) is 69.3 Å². The predicted molar refractivity (Wildman–Crippen MR) is 106 cm³/mol. The number of benzene rings is 1. The van der Waals surface area contributed by atoms with Crippen molar-refractivity contribution in [2.75, 3.05) is 12.4 Å². The normalized spacial score (nSPS) is 29.1. The Morgan fingerprint density at radius 2 is 2.00 bits per heavy atom. The molecule has 7 nitrogen and oxygen atoms in total. The van der Waals surface area contributed by atoms with E-state index < -0.39 is 15.8 Å². The van der Waals surface area contributed by atoms with Gasteiger partial charge in [-0.25, -0.2) is 0 Å². The third-order valence-electron chi connectivity index (χ3n) is 6.66. The molecule has 1 saturated carbocycles. The number of nitrogens with zero attached hydrogens (tertiary/aromatic N) is 1. The molecular weight excluding hydrogens is 360 g/mol. The molecule has 0 saturated heterocycles. The minimum atomic E-state index is -0.748. The van der Waals surface area contributed by atoms with Gasteiger partial charge in [0.1, 0.15) is 5.69 Å². The van der Waals surface area contributed by atoms with Crippen molar-refractivity contribution >= 4 is 23.1 Å². The maximum absolute atomic E-state index is 13.0. The largest absolute Gasteiger partial charge is 0.469 e. The first-order valence-electron chi connectivity index (χ1n) is 9.75. The third-order valence-corrected chi connectivity index (χ3v) is 6.66. The highest BCUT2D eigenvalue weighted by Crippen LogP contribution is 2.58. The van der Waals surface area contributed by atoms with E-state index in [1.54, 1.807) is 6.07 Å². The Morgan fingerprint density at radius 3 is 2.57 bits per heavy atom. The summed E-state index contributed by atoms with van der Waals surface area (Å²) in [5, 5.41) is 14.7. The van der Waals surface area contributed by atoms with Gasteiger partial charge in [0.05, 0.1) is 17.4 Å². The molecule has 1 aromatic rings. The lowest BCUT2D eigenvalue weighted by atomic mass is 9.49. The number of nitro benzene ring substituents is 1. The molecule has 1 fully saturated rings. The third kappa shape index (κ3) is 2.97. The summed E-state index contributed by atoms with van der Waals surface area (Å²) in [4.78, 5) is 36.7. The number of ether oxygens (including phenoxy) is 1. The molecule has 3 rings (SSSR count). The minimum Gasteiger partial charge on any atom is -0.469 e. The van der Waals surface area contributed by atoms with Gasteiger partial charge < -0.3 is 10.1 Å². The highest BCUT2D eigenvalue weighted by atomic mass is 16.6. The van der Waals surface area contributed by atoms with Gasteiger partial charge in [0.15, 0.2) is 5.78 Å². The van der Waals surface area contributed by atoms with E-state index in [4.69, 9.17) is 4.74 Å². The van der Waals surface area contributed by atoms with E-state index in [9.17, 15) is 19.7 Å². The topological polar surface area (TPSA) is 98.5 Å². The summed E-state index contributed by atoms with van der Waals surface area (Å²) in [7, 11) is 1.38. The lowest BCUT2D eigenvalue weighted by molar-refractivity contribution is -0.384. The fourth-order valence-electron chi connectivity index (χ4n) is 5.29. The minimum absolute atomic E-state index is 0.00587. The Morgan fingerprint density at radius 1 is 1.32 bits per heavy atom. The van der Waals surface area contributed by atoms with E-state index >= 15 is 0 Å². The van der Waals surface area contributed by atoms with Crippen LogP contribution in [0.5, 0.6) is 0 Å². The van der Waals surface area contributed by atoms with Crippen molar-refractivity contribution in [1.82, 2.24) is 0 Å². The molecule has 0 radical (unpaired) electrons. The summed E-state index contributed by atoms with van der Waals surface area (Å²) in [6, 6.07) is 3.18. The molecule has 1 aromatic carbocycles. The van der Waals surface area contributed by atoms with Crippen LogP contribution in [-0.4, -0.2) is 29.8 Å². The number of fused-ring (bicyclic) bond motifs is 3. The summed E-state index contributed by atoms with van der Waals surface area (Å²) < 4.78 is 5.08. The van der Waals surface area contributed by atoms with Crippen LogP contribution < -0.4 is 5.32 Å². The lowest BCUT2D eigenvalue weighted by Gasteiger charge is -2.53. The fraction of sp³-hybridized carbons (Fsp3) is 0.619. The number of nitrogens with one attached hydrogen (secondary N) is 1. The van der Waals surface area contributed by atoms with Crippen LogP contribution >= 0.6 is 0 Å². The van der Waals surface area contributed by atoms with Crippen LogP contribution in [0.4, 0.5) is 11.4 Å². The quantitative estimate of drug-likeness (QED) is 0.471. The van der Waals surface area contributed by atoms with Gasteiger partial charge in [-0.3, -0.25) is 19.7 Å². The van der Waals surface area contributed by atoms with Crippen LogP contribution in [-0.2, 0) is 14.9 Å². The summed E-state index contributed by atoms with van der Waals surface area (Å²) in [6.45, 7) is 7.79. The fourth-order valence-corrected chi connectivity index (χ4v) is 5.29. The Kier molecular flexibility index (Phi) is 4.98. The zero-order chi connectivity index (χ0) is 20.9. The van der Waals surface area contributed by atoms with Crippen molar-refractivity contribution in [3.05, 3.63) is 33.4 Å². The van der Waals surface area contributed by atoms with Crippen LogP contribution in [0.3, 0.4) is 0 Å². The second kappa shape index (κ2) is 6.87. The molecular formula is C21H28N2O5. The molecule has 0 spiro atoms. The van der Waals surface area contributed by atoms with Gasteiger partial charge in [-0.15, -0.1) is 0 Å². The maximum atomic E-state index is 13.0. The molecule has 1 N–H and O–H groups in total. The molecule has 0 bridgehead atoms. The molecule has 28 heavy (non-hydrogen) atoms. The van der Waals surface area contributed by atoms with E-state index in [1.807, 2.05) is 20.8 Å². The Labute approximate surface area is 165 Å². The Bertz CT molecular complexity index is 849. The van der Waals surface area contributed by atoms with E-state index in [1.165, 1.54) is 13.2 Å². The van der Waals surface area contributed by atoms with Crippen LogP contribution in [0.2, 0.25) is 0 Å². The maximum Gasteiger partial charge on any atom is 0.311 e. The number of nitro groups is 1. The van der Waals surface area contributed by atoms with Gasteiger partial charge in [-0.1, -0.05) is 13.3 Å². The van der Waals surface area contributed by atoms with Crippen molar-refractivity contribution in [1.29, 1.82) is 0 Å². The molecule has 0 unspecified atom stereocenters. The molecule has 7 heteroatoms. The summed E-state index contributed by atoms with van der Waals surface area (Å²) in [6.07, 6.45) is 2.52. The van der Waals surface area contributed by atoms with Crippen molar-refractivity contribution in [3.63, 3.8) is 0 Å². The van der Waals surface area contributed by atoms with Crippen molar-refractivity contribution < 1.29 is 19.2 Å². The van der Waals surface area contributed by atoms with Gasteiger partial charge in [-0.05, 0) is 56.6 Å². The van der Waals surface area contributed by atoms with E-state index in [-0.39, 0.29) is 35.8 Å². The molecule has 0 heterocycles. The van der Waals surface area contributed by atoms with Gasteiger partial charge in [0, 0.05) is 24.1 Å². The second-order valence-electron chi connectivity index (χ2n) is 8.83. The molecule has 3 atom stereocenters. The summed E-state index contributed by atoms with van der Waals surface area (Å²) in [5.41, 5.74) is 0.370. The first kappa shape index (κ1) is 20.3. The first-order chi connectivity index (χ1) is 13.0. The summed E-state index contributed by atoms with van der Waals surface area (Å²) in [5.74, 6) is -0.634. The number of Topliss-reactive ketones (excluding diaryl/α,β-unsaturated/α-hetero) is 1. The van der Waals surface area contributed by atoms with Gasteiger partial charge in [0.2, 0.25) is 0 Å². The van der Waals surface area contributed by atoms with Gasteiger partial charge in [-0.2, -0.15) is 0 Å². The zero-order valence-corrected chi connectivity index (χ0v) is 17.1. The number of carbonyl (C=O) groups is 2. The zero-order valence-electron chi connectivity index (χ0n) is 17.1. The van der Waals surface area contributed by atoms with Crippen LogP contribution in [0, 0.1) is 21.4 Å². The standard InChI is InChI=1S/C21H28N2O5/c1-12(2)22-15-10-14-13(9-16(15)23(26)27)17(24)11-18-20(14,3)7-6-8-21(18,4)19(25)28-5/h9-10,12,18,22H,6-8,11H2,1-5H3/t18-,20-,21-/m1/s1. The average molecular weight is 388 g/mol. The highest BCUT2D eigenvalue weighted by Gasteiger charge is 2.57. The van der Waals surface area contributed by atoms with Gasteiger partial charge in [0.25, 0.3) is 5.69 Å². The number of esters is 1. The average Bonchev–Trinajstić information content (AvgIpc) is 2.62. The van der Waals surface area contributed by atoms with Crippen LogP contribution in [0.15, 0.2) is 12.1 Å². The number of carbonyl (C=O) groups excluding carboxylic acids is 2. The number of hydrogen-bond acceptors (Lipinski definition) is 6. The van der Waals surface area contributed by atoms with Crippen molar-refractivity contribution in [3.8, 4) is 0 Å². The van der Waals surface area contributed by atoms with Gasteiger partial charge >= 0.3 is 5.97 Å². The molecule has 0 aromatic heterocycles. The number of hydrogen-bond donors (Lipinski definition) is 1. The smallest absolute Gasteiger partial charge is 0.311 e. The molecule has 0 aliphatic heterocycles. The first-order valence-corrected chi connectivity index (χ1v) is 9.75. The number of ketones is 1. The van der Waals surface area contributed by atoms with E-state index in [0.717, 1.165) is 18.4 Å². The molecule has 152 valence electrons. The number of rotatable bonds is 4. The lowest BCUT2D eigenvalue weighted by Crippen LogP contribution is -2.53. The highest BCUT2D eigenvalue weighted by molar-refractivity contribution is 6.01. The second-order valence-corrected chi connectivity index (χ2v) is 8.83. The molecule has 2 aliphatic rings. The Hall–Kier alpha value is -2.44. The van der Waals surface area contributed by atoms with Crippen LogP contribution in [0.25, 0.3) is 0 Å². The predicted octanol–water partition coefficient (Wildman–Crippen LogP) is 4.24.